The number of hydrogen-bond donors (Lipinski definition) is 1. The number of rotatable bonds is 4. The molecule has 1 saturated heterocycles. The molecule has 1 heterocycles. The Kier molecular flexibility index (Phi) is 5.04. The van der Waals surface area contributed by atoms with Crippen LogP contribution in [0.3, 0.4) is 0 Å². The van der Waals surface area contributed by atoms with Crippen molar-refractivity contribution >= 4 is 27.8 Å². The number of nitrogens with zero attached hydrogens (tertiary/aromatic N) is 1. The summed E-state index contributed by atoms with van der Waals surface area (Å²) in [6.07, 6.45) is 3.25. The molecule has 4 nitrogen and oxygen atoms in total. The maximum absolute atomic E-state index is 12.4. The summed E-state index contributed by atoms with van der Waals surface area (Å²) in [4.78, 5) is 25.5. The fourth-order valence-electron chi connectivity index (χ4n) is 2.82. The first-order valence-electron chi connectivity index (χ1n) is 7.22. The molecule has 1 unspecified atom stereocenters. The molecule has 1 aliphatic rings. The minimum atomic E-state index is -1.05. The second-order valence-corrected chi connectivity index (χ2v) is 6.63. The van der Waals surface area contributed by atoms with Crippen molar-refractivity contribution in [2.75, 3.05) is 6.54 Å². The summed E-state index contributed by atoms with van der Waals surface area (Å²) in [6, 6.07) is 7.84. The van der Waals surface area contributed by atoms with E-state index >= 15 is 0 Å². The molecule has 0 aromatic heterocycles. The number of carboxylic acid groups (broad SMARTS) is 1. The Balaban J connectivity index is 2.03. The van der Waals surface area contributed by atoms with Gasteiger partial charge < -0.3 is 10.0 Å². The van der Waals surface area contributed by atoms with Crippen LogP contribution in [0.1, 0.15) is 38.2 Å². The van der Waals surface area contributed by atoms with E-state index in [0.717, 1.165) is 22.9 Å². The van der Waals surface area contributed by atoms with Gasteiger partial charge in [0.2, 0.25) is 5.91 Å². The van der Waals surface area contributed by atoms with Crippen molar-refractivity contribution in [3.05, 3.63) is 34.3 Å². The van der Waals surface area contributed by atoms with Crippen LogP contribution in [-0.2, 0) is 16.0 Å². The van der Waals surface area contributed by atoms with Crippen LogP contribution in [0.15, 0.2) is 28.7 Å². The molecule has 5 heteroatoms. The average molecular weight is 354 g/mol. The van der Waals surface area contributed by atoms with Crippen LogP contribution in [0, 0.1) is 0 Å². The zero-order chi connectivity index (χ0) is 15.5. The SMILES string of the molecule is CC1(C(=O)O)CCCCN1C(=O)CCc1cccc(Br)c1. The lowest BCUT2D eigenvalue weighted by Gasteiger charge is -2.41. The highest BCUT2D eigenvalue weighted by atomic mass is 79.9. The number of carbonyl (C=O) groups is 2. The van der Waals surface area contributed by atoms with Gasteiger partial charge in [-0.05, 0) is 50.3 Å². The second kappa shape index (κ2) is 6.60. The van der Waals surface area contributed by atoms with E-state index in [-0.39, 0.29) is 5.91 Å². The van der Waals surface area contributed by atoms with E-state index < -0.39 is 11.5 Å². The topological polar surface area (TPSA) is 57.6 Å². The Bertz CT molecular complexity index is 546. The van der Waals surface area contributed by atoms with E-state index in [2.05, 4.69) is 15.9 Å². The summed E-state index contributed by atoms with van der Waals surface area (Å²) in [6.45, 7) is 2.20. The number of carboxylic acids is 1. The number of amides is 1. The van der Waals surface area contributed by atoms with Crippen LogP contribution in [0.5, 0.6) is 0 Å². The van der Waals surface area contributed by atoms with Crippen molar-refractivity contribution in [3.8, 4) is 0 Å². The lowest BCUT2D eigenvalue weighted by atomic mass is 9.88. The third kappa shape index (κ3) is 3.64. The highest BCUT2D eigenvalue weighted by Crippen LogP contribution is 2.29. The minimum Gasteiger partial charge on any atom is -0.480 e. The monoisotopic (exact) mass is 353 g/mol. The van der Waals surface area contributed by atoms with Gasteiger partial charge in [-0.15, -0.1) is 0 Å². The normalized spacial score (nSPS) is 22.1. The summed E-state index contributed by atoms with van der Waals surface area (Å²) in [5.41, 5.74) is 0.0267. The lowest BCUT2D eigenvalue weighted by molar-refractivity contribution is -0.160. The molecule has 2 rings (SSSR count). The van der Waals surface area contributed by atoms with Gasteiger partial charge in [-0.3, -0.25) is 4.79 Å². The maximum atomic E-state index is 12.4. The van der Waals surface area contributed by atoms with Crippen molar-refractivity contribution < 1.29 is 14.7 Å². The molecular weight excluding hydrogens is 334 g/mol. The Morgan fingerprint density at radius 1 is 1.38 bits per heavy atom. The third-order valence-electron chi connectivity index (χ3n) is 4.17. The molecule has 1 N–H and O–H groups in total. The largest absolute Gasteiger partial charge is 0.480 e. The fourth-order valence-corrected chi connectivity index (χ4v) is 3.27. The van der Waals surface area contributed by atoms with Crippen molar-refractivity contribution in [2.45, 2.75) is 44.6 Å². The molecule has 1 fully saturated rings. The van der Waals surface area contributed by atoms with Crippen LogP contribution >= 0.6 is 15.9 Å². The molecule has 1 aromatic rings. The Hall–Kier alpha value is -1.36. The zero-order valence-corrected chi connectivity index (χ0v) is 13.7. The molecule has 0 spiro atoms. The lowest BCUT2D eigenvalue weighted by Crippen LogP contribution is -2.57. The summed E-state index contributed by atoms with van der Waals surface area (Å²) < 4.78 is 0.987. The van der Waals surface area contributed by atoms with Gasteiger partial charge in [0.25, 0.3) is 0 Å². The molecule has 21 heavy (non-hydrogen) atoms. The van der Waals surface area contributed by atoms with E-state index in [4.69, 9.17) is 0 Å². The molecule has 1 atom stereocenters. The first-order chi connectivity index (χ1) is 9.93. The Labute approximate surface area is 133 Å². The number of piperidine rings is 1. The van der Waals surface area contributed by atoms with E-state index in [1.54, 1.807) is 11.8 Å². The molecule has 1 aromatic carbocycles. The molecular formula is C16H20BrNO3. The Morgan fingerprint density at radius 2 is 2.14 bits per heavy atom. The number of halogens is 1. The molecule has 114 valence electrons. The first kappa shape index (κ1) is 16.0. The van der Waals surface area contributed by atoms with Gasteiger partial charge in [0.1, 0.15) is 5.54 Å². The van der Waals surface area contributed by atoms with Gasteiger partial charge >= 0.3 is 5.97 Å². The van der Waals surface area contributed by atoms with Gasteiger partial charge in [0.15, 0.2) is 0 Å². The molecule has 0 radical (unpaired) electrons. The summed E-state index contributed by atoms with van der Waals surface area (Å²) in [5, 5.41) is 9.44. The molecule has 0 bridgehead atoms. The second-order valence-electron chi connectivity index (χ2n) is 5.71. The van der Waals surface area contributed by atoms with Crippen molar-refractivity contribution in [2.24, 2.45) is 0 Å². The average Bonchev–Trinajstić information content (AvgIpc) is 2.45. The van der Waals surface area contributed by atoms with E-state index in [1.807, 2.05) is 24.3 Å². The standard InChI is InChI=1S/C16H20BrNO3/c1-16(15(20)21)9-2-3-10-18(16)14(19)8-7-12-5-4-6-13(17)11-12/h4-6,11H,2-3,7-10H2,1H3,(H,20,21). The van der Waals surface area contributed by atoms with Crippen molar-refractivity contribution in [3.63, 3.8) is 0 Å². The van der Waals surface area contributed by atoms with E-state index in [0.29, 0.717) is 25.8 Å². The number of aliphatic carboxylic acids is 1. The summed E-state index contributed by atoms with van der Waals surface area (Å²) >= 11 is 3.41. The molecule has 1 aliphatic heterocycles. The molecule has 0 saturated carbocycles. The third-order valence-corrected chi connectivity index (χ3v) is 4.66. The number of carbonyl (C=O) groups excluding carboxylic acids is 1. The van der Waals surface area contributed by atoms with Crippen LogP contribution in [0.25, 0.3) is 0 Å². The van der Waals surface area contributed by atoms with Gasteiger partial charge in [-0.25, -0.2) is 4.79 Å². The minimum absolute atomic E-state index is 0.0698. The fraction of sp³-hybridized carbons (Fsp3) is 0.500. The van der Waals surface area contributed by atoms with E-state index in [9.17, 15) is 14.7 Å². The predicted molar refractivity (Wildman–Crippen MR) is 84.1 cm³/mol. The number of aryl methyl sites for hydroxylation is 1. The van der Waals surface area contributed by atoms with Gasteiger partial charge in [-0.1, -0.05) is 28.1 Å². The quantitative estimate of drug-likeness (QED) is 0.903. The number of benzene rings is 1. The van der Waals surface area contributed by atoms with Crippen molar-refractivity contribution in [1.82, 2.24) is 4.90 Å². The van der Waals surface area contributed by atoms with Gasteiger partial charge in [0, 0.05) is 17.4 Å². The van der Waals surface area contributed by atoms with Crippen LogP contribution in [-0.4, -0.2) is 34.0 Å². The predicted octanol–water partition coefficient (Wildman–Crippen LogP) is 3.24. The molecule has 1 amide bonds. The van der Waals surface area contributed by atoms with Crippen LogP contribution in [0.4, 0.5) is 0 Å². The highest BCUT2D eigenvalue weighted by molar-refractivity contribution is 9.10. The van der Waals surface area contributed by atoms with E-state index in [1.165, 1.54) is 0 Å². The van der Waals surface area contributed by atoms with Gasteiger partial charge in [0.05, 0.1) is 0 Å². The number of hydrogen-bond acceptors (Lipinski definition) is 2. The summed E-state index contributed by atoms with van der Waals surface area (Å²) in [5.74, 6) is -0.974. The highest BCUT2D eigenvalue weighted by Gasteiger charge is 2.43. The van der Waals surface area contributed by atoms with Crippen LogP contribution < -0.4 is 0 Å². The molecule has 0 aliphatic carbocycles. The zero-order valence-electron chi connectivity index (χ0n) is 12.1. The van der Waals surface area contributed by atoms with Crippen molar-refractivity contribution in [1.29, 1.82) is 0 Å². The Morgan fingerprint density at radius 3 is 2.81 bits per heavy atom. The summed E-state index contributed by atoms with van der Waals surface area (Å²) in [7, 11) is 0. The van der Waals surface area contributed by atoms with Crippen LogP contribution in [0.2, 0.25) is 0 Å². The first-order valence-corrected chi connectivity index (χ1v) is 8.01. The smallest absolute Gasteiger partial charge is 0.329 e. The number of likely N-dealkylation sites (tertiary alicyclic amines) is 1. The maximum Gasteiger partial charge on any atom is 0.329 e. The van der Waals surface area contributed by atoms with Gasteiger partial charge in [-0.2, -0.15) is 0 Å².